The molecule has 0 aliphatic rings. The molecule has 0 saturated carbocycles. The average molecular weight is 623 g/mol. The maximum atomic E-state index is 14.1. The lowest BCUT2D eigenvalue weighted by Crippen LogP contribution is -2.52. The summed E-state index contributed by atoms with van der Waals surface area (Å²) in [5.74, 6) is -1.58. The highest BCUT2D eigenvalue weighted by molar-refractivity contribution is 7.92. The highest BCUT2D eigenvalue weighted by atomic mass is 35.5. The lowest BCUT2D eigenvalue weighted by molar-refractivity contribution is -0.140. The van der Waals surface area contributed by atoms with E-state index in [1.54, 1.807) is 37.3 Å². The molecule has 41 heavy (non-hydrogen) atoms. The van der Waals surface area contributed by atoms with Crippen molar-refractivity contribution in [1.82, 2.24) is 10.2 Å². The van der Waals surface area contributed by atoms with Gasteiger partial charge in [0.15, 0.2) is 0 Å². The fourth-order valence-corrected chi connectivity index (χ4v) is 6.18. The molecule has 220 valence electrons. The van der Waals surface area contributed by atoms with Crippen LogP contribution in [0.1, 0.15) is 44.2 Å². The fourth-order valence-electron chi connectivity index (χ4n) is 4.25. The summed E-state index contributed by atoms with van der Waals surface area (Å²) >= 11 is 12.9. The van der Waals surface area contributed by atoms with Crippen LogP contribution in [0.15, 0.2) is 71.6 Å². The minimum atomic E-state index is -4.26. The highest BCUT2D eigenvalue weighted by Gasteiger charge is 2.34. The maximum absolute atomic E-state index is 14.1. The Labute approximate surface area is 251 Å². The lowest BCUT2D eigenvalue weighted by atomic mass is 10.1. The quantitative estimate of drug-likeness (QED) is 0.225. The summed E-state index contributed by atoms with van der Waals surface area (Å²) in [5, 5.41) is 3.47. The topological polar surface area (TPSA) is 86.8 Å². The molecule has 0 aliphatic carbocycles. The van der Waals surface area contributed by atoms with Gasteiger partial charge in [-0.15, -0.1) is 0 Å². The van der Waals surface area contributed by atoms with Crippen molar-refractivity contribution in [3.63, 3.8) is 0 Å². The molecule has 0 fully saturated rings. The molecule has 0 aromatic heterocycles. The van der Waals surface area contributed by atoms with Gasteiger partial charge in [0, 0.05) is 28.7 Å². The number of hydrogen-bond donors (Lipinski definition) is 1. The number of sulfonamides is 1. The van der Waals surface area contributed by atoms with E-state index < -0.39 is 34.3 Å². The Morgan fingerprint density at radius 3 is 2.12 bits per heavy atom. The number of hydrogen-bond acceptors (Lipinski definition) is 4. The predicted octanol–water partition coefficient (Wildman–Crippen LogP) is 6.36. The minimum absolute atomic E-state index is 0.0368. The second-order valence-electron chi connectivity index (χ2n) is 9.59. The van der Waals surface area contributed by atoms with Crippen molar-refractivity contribution in [3.8, 4) is 0 Å². The SMILES string of the molecule is CCCCNC(=O)[C@H](CC)N(Cc1c(Cl)cccc1Cl)C(=O)CN(c1ccc(F)cc1)S(=O)(=O)c1ccc(C)cc1. The van der Waals surface area contributed by atoms with E-state index in [0.29, 0.717) is 22.2 Å². The van der Waals surface area contributed by atoms with Crippen molar-refractivity contribution in [2.75, 3.05) is 17.4 Å². The van der Waals surface area contributed by atoms with Gasteiger partial charge < -0.3 is 10.2 Å². The zero-order chi connectivity index (χ0) is 30.2. The molecule has 3 aromatic carbocycles. The second kappa shape index (κ2) is 14.7. The molecule has 1 atom stereocenters. The number of rotatable bonds is 13. The van der Waals surface area contributed by atoms with E-state index in [1.165, 1.54) is 29.2 Å². The van der Waals surface area contributed by atoms with Crippen molar-refractivity contribution in [2.24, 2.45) is 0 Å². The fraction of sp³-hybridized carbons (Fsp3) is 0.333. The molecule has 0 saturated heterocycles. The number of unbranched alkanes of at least 4 members (excludes halogenated alkanes) is 1. The molecule has 0 unspecified atom stereocenters. The van der Waals surface area contributed by atoms with Crippen LogP contribution in [0, 0.1) is 12.7 Å². The molecule has 7 nitrogen and oxygen atoms in total. The predicted molar refractivity (Wildman–Crippen MR) is 161 cm³/mol. The summed E-state index contributed by atoms with van der Waals surface area (Å²) in [5.41, 5.74) is 1.38. The number of benzene rings is 3. The Morgan fingerprint density at radius 2 is 1.56 bits per heavy atom. The van der Waals surface area contributed by atoms with Crippen LogP contribution in [0.25, 0.3) is 0 Å². The Morgan fingerprint density at radius 1 is 0.951 bits per heavy atom. The van der Waals surface area contributed by atoms with Gasteiger partial charge >= 0.3 is 0 Å². The zero-order valence-corrected chi connectivity index (χ0v) is 25.6. The molecule has 0 bridgehead atoms. The highest BCUT2D eigenvalue weighted by Crippen LogP contribution is 2.29. The van der Waals surface area contributed by atoms with Gasteiger partial charge in [0.2, 0.25) is 11.8 Å². The molecular weight excluding hydrogens is 588 g/mol. The molecule has 0 radical (unpaired) electrons. The average Bonchev–Trinajstić information content (AvgIpc) is 2.94. The number of carbonyl (C=O) groups is 2. The first-order valence-corrected chi connectivity index (χ1v) is 15.5. The monoisotopic (exact) mass is 621 g/mol. The van der Waals surface area contributed by atoms with Crippen LogP contribution in [0.4, 0.5) is 10.1 Å². The standard InChI is InChI=1S/C30H34Cl2FN3O4S/c1-4-6-18-34-30(38)28(5-2)35(19-25-26(31)8-7-9-27(25)32)29(37)20-36(23-14-12-22(33)13-15-23)41(39,40)24-16-10-21(3)11-17-24/h7-17,28H,4-6,18-20H2,1-3H3,(H,34,38)/t28-/m0/s1. The molecule has 11 heteroatoms. The first kappa shape index (κ1) is 32.4. The first-order chi connectivity index (χ1) is 19.5. The Kier molecular flexibility index (Phi) is 11.6. The third kappa shape index (κ3) is 8.21. The first-order valence-electron chi connectivity index (χ1n) is 13.3. The number of nitrogens with one attached hydrogen (secondary N) is 1. The van der Waals surface area contributed by atoms with Crippen molar-refractivity contribution in [1.29, 1.82) is 0 Å². The van der Waals surface area contributed by atoms with E-state index in [-0.39, 0.29) is 29.5 Å². The van der Waals surface area contributed by atoms with Crippen LogP contribution < -0.4 is 9.62 Å². The minimum Gasteiger partial charge on any atom is -0.354 e. The maximum Gasteiger partial charge on any atom is 0.264 e. The molecule has 1 N–H and O–H groups in total. The third-order valence-electron chi connectivity index (χ3n) is 6.61. The van der Waals surface area contributed by atoms with Gasteiger partial charge in [-0.05, 0) is 68.3 Å². The number of aryl methyl sites for hydroxylation is 1. The molecule has 3 aromatic rings. The summed E-state index contributed by atoms with van der Waals surface area (Å²) in [6, 6.07) is 15.0. The van der Waals surface area contributed by atoms with Crippen molar-refractivity contribution in [2.45, 2.75) is 57.5 Å². The van der Waals surface area contributed by atoms with Crippen molar-refractivity contribution >= 4 is 50.7 Å². The van der Waals surface area contributed by atoms with Crippen LogP contribution in [-0.2, 0) is 26.2 Å². The van der Waals surface area contributed by atoms with Gasteiger partial charge in [-0.25, -0.2) is 12.8 Å². The largest absolute Gasteiger partial charge is 0.354 e. The van der Waals surface area contributed by atoms with Gasteiger partial charge in [0.05, 0.1) is 10.6 Å². The summed E-state index contributed by atoms with van der Waals surface area (Å²) < 4.78 is 42.4. The molecule has 3 rings (SSSR count). The summed E-state index contributed by atoms with van der Waals surface area (Å²) in [7, 11) is -4.26. The van der Waals surface area contributed by atoms with Gasteiger partial charge in [0.25, 0.3) is 10.0 Å². The van der Waals surface area contributed by atoms with E-state index in [9.17, 15) is 22.4 Å². The van der Waals surface area contributed by atoms with E-state index >= 15 is 0 Å². The molecule has 0 aliphatic heterocycles. The Balaban J connectivity index is 2.07. The Bertz CT molecular complexity index is 1430. The normalized spacial score (nSPS) is 12.0. The number of nitrogens with zero attached hydrogens (tertiary/aromatic N) is 2. The number of halogens is 3. The van der Waals surface area contributed by atoms with Gasteiger partial charge in [-0.1, -0.05) is 67.2 Å². The Hall–Kier alpha value is -3.14. The van der Waals surface area contributed by atoms with E-state index in [0.717, 1.165) is 34.8 Å². The van der Waals surface area contributed by atoms with Crippen molar-refractivity contribution < 1.29 is 22.4 Å². The molecule has 0 heterocycles. The number of anilines is 1. The van der Waals surface area contributed by atoms with Crippen LogP contribution in [0.2, 0.25) is 10.0 Å². The summed E-state index contributed by atoms with van der Waals surface area (Å²) in [4.78, 5) is 28.6. The summed E-state index contributed by atoms with van der Waals surface area (Å²) in [6.07, 6.45) is 1.89. The van der Waals surface area contributed by atoms with Gasteiger partial charge in [-0.2, -0.15) is 0 Å². The van der Waals surface area contributed by atoms with Gasteiger partial charge in [-0.3, -0.25) is 13.9 Å². The van der Waals surface area contributed by atoms with E-state index in [2.05, 4.69) is 5.32 Å². The van der Waals surface area contributed by atoms with Crippen LogP contribution in [-0.4, -0.2) is 44.3 Å². The van der Waals surface area contributed by atoms with Gasteiger partial charge in [0.1, 0.15) is 18.4 Å². The van der Waals surface area contributed by atoms with Crippen LogP contribution in [0.5, 0.6) is 0 Å². The molecule has 2 amide bonds. The number of carbonyl (C=O) groups excluding carboxylic acids is 2. The molecular formula is C30H34Cl2FN3O4S. The lowest BCUT2D eigenvalue weighted by Gasteiger charge is -2.33. The third-order valence-corrected chi connectivity index (χ3v) is 9.10. The van der Waals surface area contributed by atoms with E-state index in [1.807, 2.05) is 13.8 Å². The van der Waals surface area contributed by atoms with Crippen LogP contribution >= 0.6 is 23.2 Å². The van der Waals surface area contributed by atoms with Crippen LogP contribution in [0.3, 0.4) is 0 Å². The molecule has 0 spiro atoms. The number of amides is 2. The zero-order valence-electron chi connectivity index (χ0n) is 23.2. The van der Waals surface area contributed by atoms with E-state index in [4.69, 9.17) is 23.2 Å². The second-order valence-corrected chi connectivity index (χ2v) is 12.3. The smallest absolute Gasteiger partial charge is 0.264 e. The summed E-state index contributed by atoms with van der Waals surface area (Å²) in [6.45, 7) is 5.24. The van der Waals surface area contributed by atoms with Crippen molar-refractivity contribution in [3.05, 3.63) is 93.7 Å².